The molecule has 0 amide bonds. The lowest BCUT2D eigenvalue weighted by Crippen LogP contribution is -2.07. The maximum absolute atomic E-state index is 10.4. The number of imidazole rings is 1. The van der Waals surface area contributed by atoms with E-state index >= 15 is 0 Å². The molecule has 0 aromatic carbocycles. The van der Waals surface area contributed by atoms with Crippen LogP contribution in [0.1, 0.15) is 43.6 Å². The summed E-state index contributed by atoms with van der Waals surface area (Å²) in [4.78, 5) is 14.3. The van der Waals surface area contributed by atoms with E-state index in [-0.39, 0.29) is 5.41 Å². The minimum absolute atomic E-state index is 0.233. The number of hydrogen-bond acceptors (Lipinski definition) is 3. The van der Waals surface area contributed by atoms with Crippen LogP contribution in [-0.2, 0) is 6.54 Å². The van der Waals surface area contributed by atoms with E-state index < -0.39 is 0 Å². The minimum Gasteiger partial charge on any atom is -0.337 e. The van der Waals surface area contributed by atoms with Crippen molar-refractivity contribution in [3.05, 3.63) is 18.2 Å². The fourth-order valence-corrected chi connectivity index (χ4v) is 1.48. The van der Waals surface area contributed by atoms with Crippen LogP contribution >= 0.6 is 0 Å². The molecule has 0 spiro atoms. The number of aromatic nitrogens is 2. The molecule has 0 aliphatic heterocycles. The first kappa shape index (κ1) is 12.4. The van der Waals surface area contributed by atoms with Crippen LogP contribution in [0.2, 0.25) is 0 Å². The summed E-state index contributed by atoms with van der Waals surface area (Å²) in [6.45, 7) is 4.76. The summed E-state index contributed by atoms with van der Waals surface area (Å²) in [5.41, 5.74) is 0.237. The Morgan fingerprint density at radius 2 is 2.31 bits per heavy atom. The number of unbranched alkanes of at least 4 members (excludes halogenated alkanes) is 1. The van der Waals surface area contributed by atoms with Gasteiger partial charge in [0.15, 0.2) is 6.29 Å². The second-order valence-corrected chi connectivity index (χ2v) is 4.61. The van der Waals surface area contributed by atoms with Crippen molar-refractivity contribution in [2.24, 2.45) is 5.41 Å². The van der Waals surface area contributed by atoms with Gasteiger partial charge in [-0.1, -0.05) is 6.42 Å². The zero-order chi connectivity index (χ0) is 12.0. The normalized spacial score (nSPS) is 11.1. The lowest BCUT2D eigenvalue weighted by molar-refractivity contribution is 0.111. The molecule has 4 heteroatoms. The molecule has 0 fully saturated rings. The van der Waals surface area contributed by atoms with Crippen LogP contribution in [0.5, 0.6) is 0 Å². The Bertz CT molecular complexity index is 387. The summed E-state index contributed by atoms with van der Waals surface area (Å²) in [6, 6.07) is 2.29. The van der Waals surface area contributed by atoms with Gasteiger partial charge >= 0.3 is 0 Å². The fourth-order valence-electron chi connectivity index (χ4n) is 1.48. The highest BCUT2D eigenvalue weighted by atomic mass is 16.1. The predicted molar refractivity (Wildman–Crippen MR) is 60.9 cm³/mol. The second-order valence-electron chi connectivity index (χ2n) is 4.61. The molecular weight excluding hydrogens is 202 g/mol. The zero-order valence-electron chi connectivity index (χ0n) is 9.81. The molecule has 0 saturated carbocycles. The number of hydrogen-bond donors (Lipinski definition) is 0. The molecule has 4 nitrogen and oxygen atoms in total. The minimum atomic E-state index is -0.233. The van der Waals surface area contributed by atoms with Gasteiger partial charge < -0.3 is 4.57 Å². The molecule has 1 aromatic rings. The first-order valence-electron chi connectivity index (χ1n) is 5.45. The summed E-state index contributed by atoms with van der Waals surface area (Å²) in [5.74, 6) is 0. The van der Waals surface area contributed by atoms with Crippen molar-refractivity contribution in [3.8, 4) is 6.07 Å². The Morgan fingerprint density at radius 1 is 1.56 bits per heavy atom. The van der Waals surface area contributed by atoms with E-state index in [0.29, 0.717) is 5.69 Å². The topological polar surface area (TPSA) is 58.7 Å². The van der Waals surface area contributed by atoms with Gasteiger partial charge in [0.2, 0.25) is 0 Å². The van der Waals surface area contributed by atoms with Crippen molar-refractivity contribution in [1.29, 1.82) is 5.26 Å². The van der Waals surface area contributed by atoms with Gasteiger partial charge in [-0.2, -0.15) is 5.26 Å². The number of carbonyl (C=O) groups excluding carboxylic acids is 1. The monoisotopic (exact) mass is 219 g/mol. The van der Waals surface area contributed by atoms with Gasteiger partial charge in [-0.25, -0.2) is 4.98 Å². The van der Waals surface area contributed by atoms with Crippen molar-refractivity contribution >= 4 is 6.29 Å². The van der Waals surface area contributed by atoms with Crippen LogP contribution < -0.4 is 0 Å². The van der Waals surface area contributed by atoms with E-state index in [1.165, 1.54) is 0 Å². The molecule has 0 N–H and O–H groups in total. The van der Waals surface area contributed by atoms with Gasteiger partial charge in [-0.05, 0) is 26.7 Å². The van der Waals surface area contributed by atoms with Crippen molar-refractivity contribution in [1.82, 2.24) is 9.55 Å². The van der Waals surface area contributed by atoms with Crippen LogP contribution in [0.25, 0.3) is 0 Å². The lowest BCUT2D eigenvalue weighted by atomic mass is 9.89. The average molecular weight is 219 g/mol. The van der Waals surface area contributed by atoms with E-state index in [9.17, 15) is 4.79 Å². The Balaban J connectivity index is 2.26. The van der Waals surface area contributed by atoms with Crippen molar-refractivity contribution in [2.75, 3.05) is 0 Å². The summed E-state index contributed by atoms with van der Waals surface area (Å²) in [7, 11) is 0. The smallest absolute Gasteiger partial charge is 0.169 e. The molecule has 1 aromatic heterocycles. The summed E-state index contributed by atoms with van der Waals surface area (Å²) >= 11 is 0. The standard InChI is InChI=1S/C12H17N3O/c1-12(2,9-13)5-3-4-6-15-7-11(8-16)14-10-15/h7-8,10H,3-6H2,1-2H3. The highest BCUT2D eigenvalue weighted by Gasteiger charge is 2.15. The number of nitrogens with zero attached hydrogens (tertiary/aromatic N) is 3. The third kappa shape index (κ3) is 3.85. The van der Waals surface area contributed by atoms with E-state index in [1.54, 1.807) is 12.5 Å². The van der Waals surface area contributed by atoms with Crippen molar-refractivity contribution in [2.45, 2.75) is 39.7 Å². The molecular formula is C12H17N3O. The summed E-state index contributed by atoms with van der Waals surface area (Å²) in [6.07, 6.45) is 7.06. The number of aryl methyl sites for hydroxylation is 1. The maximum Gasteiger partial charge on any atom is 0.169 e. The van der Waals surface area contributed by atoms with Crippen LogP contribution in [0.15, 0.2) is 12.5 Å². The third-order valence-electron chi connectivity index (χ3n) is 2.54. The predicted octanol–water partition coefficient (Wildman–Crippen LogP) is 2.42. The van der Waals surface area contributed by atoms with Crippen LogP contribution in [0.4, 0.5) is 0 Å². The molecule has 86 valence electrons. The van der Waals surface area contributed by atoms with Gasteiger partial charge in [-0.3, -0.25) is 4.79 Å². The first-order chi connectivity index (χ1) is 7.57. The Labute approximate surface area is 95.9 Å². The average Bonchev–Trinajstić information content (AvgIpc) is 2.72. The summed E-state index contributed by atoms with van der Waals surface area (Å²) < 4.78 is 1.91. The number of nitriles is 1. The first-order valence-corrected chi connectivity index (χ1v) is 5.45. The molecule has 0 unspecified atom stereocenters. The van der Waals surface area contributed by atoms with E-state index in [0.717, 1.165) is 32.1 Å². The van der Waals surface area contributed by atoms with E-state index in [1.807, 2.05) is 18.4 Å². The van der Waals surface area contributed by atoms with Crippen LogP contribution in [-0.4, -0.2) is 15.8 Å². The molecule has 0 aliphatic rings. The SMILES string of the molecule is CC(C)(C#N)CCCCn1cnc(C=O)c1. The quantitative estimate of drug-likeness (QED) is 0.545. The highest BCUT2D eigenvalue weighted by Crippen LogP contribution is 2.21. The van der Waals surface area contributed by atoms with Gasteiger partial charge in [0.05, 0.1) is 17.8 Å². The molecule has 0 saturated heterocycles. The molecule has 16 heavy (non-hydrogen) atoms. The third-order valence-corrected chi connectivity index (χ3v) is 2.54. The highest BCUT2D eigenvalue weighted by molar-refractivity contribution is 5.70. The van der Waals surface area contributed by atoms with Crippen LogP contribution in [0, 0.1) is 16.7 Å². The zero-order valence-corrected chi connectivity index (χ0v) is 9.81. The molecule has 0 bridgehead atoms. The molecule has 1 rings (SSSR count). The molecule has 0 radical (unpaired) electrons. The lowest BCUT2D eigenvalue weighted by Gasteiger charge is -2.14. The van der Waals surface area contributed by atoms with Gasteiger partial charge in [0, 0.05) is 12.7 Å². The van der Waals surface area contributed by atoms with E-state index in [4.69, 9.17) is 5.26 Å². The number of rotatable bonds is 6. The maximum atomic E-state index is 10.4. The molecule has 0 aliphatic carbocycles. The molecule has 1 heterocycles. The number of carbonyl (C=O) groups is 1. The Kier molecular flexibility index (Phi) is 4.24. The number of aldehydes is 1. The summed E-state index contributed by atoms with van der Waals surface area (Å²) in [5, 5.41) is 8.84. The fraction of sp³-hybridized carbons (Fsp3) is 0.583. The largest absolute Gasteiger partial charge is 0.337 e. The second kappa shape index (κ2) is 5.45. The van der Waals surface area contributed by atoms with E-state index in [2.05, 4.69) is 11.1 Å². The Hall–Kier alpha value is -1.63. The van der Waals surface area contributed by atoms with Crippen molar-refractivity contribution in [3.63, 3.8) is 0 Å². The Morgan fingerprint density at radius 3 is 2.88 bits per heavy atom. The van der Waals surface area contributed by atoms with Gasteiger partial charge in [0.1, 0.15) is 5.69 Å². The van der Waals surface area contributed by atoms with Crippen LogP contribution in [0.3, 0.4) is 0 Å². The molecule has 0 atom stereocenters. The van der Waals surface area contributed by atoms with Gasteiger partial charge in [-0.15, -0.1) is 0 Å². The van der Waals surface area contributed by atoms with Gasteiger partial charge in [0.25, 0.3) is 0 Å². The van der Waals surface area contributed by atoms with Crippen molar-refractivity contribution < 1.29 is 4.79 Å².